The van der Waals surface area contributed by atoms with Gasteiger partial charge in [-0.15, -0.1) is 0 Å². The van der Waals surface area contributed by atoms with Gasteiger partial charge in [0.2, 0.25) is 0 Å². The Balaban J connectivity index is 4.32. The average molecular weight is 1080 g/mol. The summed E-state index contributed by atoms with van der Waals surface area (Å²) in [6.07, 6.45) is 81.6. The van der Waals surface area contributed by atoms with E-state index in [1.54, 1.807) is 0 Å². The maximum Gasteiger partial charge on any atom is 0.306 e. The predicted molar refractivity (Wildman–Crippen MR) is 335 cm³/mol. The second kappa shape index (κ2) is 66.1. The summed E-state index contributed by atoms with van der Waals surface area (Å²) in [4.78, 5) is 38.4. The van der Waals surface area contributed by atoms with Crippen LogP contribution in [-0.2, 0) is 28.6 Å². The van der Waals surface area contributed by atoms with Crippen molar-refractivity contribution >= 4 is 17.9 Å². The van der Waals surface area contributed by atoms with Crippen LogP contribution in [0.15, 0.2) is 36.5 Å². The second-order valence-electron chi connectivity index (χ2n) is 23.4. The molecule has 452 valence electrons. The zero-order valence-corrected chi connectivity index (χ0v) is 52.0. The molecule has 77 heavy (non-hydrogen) atoms. The molecule has 0 radical (unpaired) electrons. The Morgan fingerprint density at radius 1 is 0.260 bits per heavy atom. The fraction of sp³-hybridized carbons (Fsp3) is 0.873. The molecule has 0 spiro atoms. The Labute approximate surface area is 480 Å². The third-order valence-corrected chi connectivity index (χ3v) is 15.6. The number of esters is 3. The molecular formula is C71H132O6. The third-order valence-electron chi connectivity index (χ3n) is 15.6. The summed E-state index contributed by atoms with van der Waals surface area (Å²) in [7, 11) is 0. The minimum absolute atomic E-state index is 0.0708. The SMILES string of the molecule is CCCCCC/C=C\C/C=C\CCCCCCCCCC(=O)OCC(COC(=O)CCCCCCCCCCCCCCCCCCCCCCCC)OC(=O)CCCCCCCCCCC/C=C\CCCCCCCC. The molecule has 0 aromatic carbocycles. The molecule has 1 atom stereocenters. The number of hydrogen-bond donors (Lipinski definition) is 0. The van der Waals surface area contributed by atoms with Gasteiger partial charge in [-0.2, -0.15) is 0 Å². The molecule has 0 N–H and O–H groups in total. The van der Waals surface area contributed by atoms with Crippen molar-refractivity contribution in [3.63, 3.8) is 0 Å². The molecule has 0 aromatic rings. The molecule has 0 bridgehead atoms. The van der Waals surface area contributed by atoms with Crippen molar-refractivity contribution in [1.29, 1.82) is 0 Å². The largest absolute Gasteiger partial charge is 0.462 e. The van der Waals surface area contributed by atoms with Crippen LogP contribution in [0, 0.1) is 0 Å². The molecule has 0 rings (SSSR count). The zero-order chi connectivity index (χ0) is 55.7. The summed E-state index contributed by atoms with van der Waals surface area (Å²) in [6.45, 7) is 6.69. The first-order valence-electron chi connectivity index (χ1n) is 34.5. The number of ether oxygens (including phenoxy) is 3. The first kappa shape index (κ1) is 74.6. The molecule has 0 saturated carbocycles. The maximum atomic E-state index is 12.9. The van der Waals surface area contributed by atoms with Crippen LogP contribution in [0.5, 0.6) is 0 Å². The monoisotopic (exact) mass is 1080 g/mol. The molecule has 0 saturated heterocycles. The van der Waals surface area contributed by atoms with Gasteiger partial charge >= 0.3 is 17.9 Å². The lowest BCUT2D eigenvalue weighted by Crippen LogP contribution is -2.30. The van der Waals surface area contributed by atoms with E-state index in [1.807, 2.05) is 0 Å². The predicted octanol–water partition coefficient (Wildman–Crippen LogP) is 23.6. The fourth-order valence-electron chi connectivity index (χ4n) is 10.4. The second-order valence-corrected chi connectivity index (χ2v) is 23.4. The number of rotatable bonds is 64. The van der Waals surface area contributed by atoms with Gasteiger partial charge < -0.3 is 14.2 Å². The summed E-state index contributed by atoms with van der Waals surface area (Å²) >= 11 is 0. The lowest BCUT2D eigenvalue weighted by atomic mass is 10.0. The highest BCUT2D eigenvalue weighted by Crippen LogP contribution is 2.18. The first-order valence-corrected chi connectivity index (χ1v) is 34.5. The molecule has 0 aliphatic rings. The number of unbranched alkanes of at least 4 members (excludes halogenated alkanes) is 47. The van der Waals surface area contributed by atoms with Crippen LogP contribution in [0.25, 0.3) is 0 Å². The van der Waals surface area contributed by atoms with Crippen molar-refractivity contribution in [1.82, 2.24) is 0 Å². The molecule has 0 amide bonds. The van der Waals surface area contributed by atoms with Crippen LogP contribution >= 0.6 is 0 Å². The lowest BCUT2D eigenvalue weighted by molar-refractivity contribution is -0.167. The van der Waals surface area contributed by atoms with Crippen LogP contribution in [-0.4, -0.2) is 37.2 Å². The van der Waals surface area contributed by atoms with Gasteiger partial charge in [0.15, 0.2) is 6.10 Å². The van der Waals surface area contributed by atoms with Crippen molar-refractivity contribution in [2.75, 3.05) is 13.2 Å². The number of carbonyl (C=O) groups is 3. The van der Waals surface area contributed by atoms with Gasteiger partial charge in [-0.05, 0) is 77.0 Å². The van der Waals surface area contributed by atoms with Gasteiger partial charge in [0.05, 0.1) is 0 Å². The highest BCUT2D eigenvalue weighted by Gasteiger charge is 2.19. The molecule has 0 aromatic heterocycles. The van der Waals surface area contributed by atoms with E-state index in [4.69, 9.17) is 14.2 Å². The fourth-order valence-corrected chi connectivity index (χ4v) is 10.4. The van der Waals surface area contributed by atoms with Crippen LogP contribution in [0.4, 0.5) is 0 Å². The van der Waals surface area contributed by atoms with Crippen LogP contribution in [0.3, 0.4) is 0 Å². The Morgan fingerprint density at radius 2 is 0.468 bits per heavy atom. The summed E-state index contributed by atoms with van der Waals surface area (Å²) in [5, 5.41) is 0. The van der Waals surface area contributed by atoms with Gasteiger partial charge in [-0.3, -0.25) is 14.4 Å². The standard InChI is InChI=1S/C71H132O6/c1-4-7-10-13-16-19-22-25-28-31-34-35-36-38-40-43-46-49-52-55-58-61-64-70(73)76-67-68(66-75-69(72)63-60-57-54-51-48-45-42-39-33-30-27-24-21-18-15-12-9-6-3)77-71(74)65-62-59-56-53-50-47-44-41-37-32-29-26-23-20-17-14-11-8-5-2/h21,24,26,29-30,33,68H,4-20,22-23,25,27-28,31-32,34-67H2,1-3H3/b24-21-,29-26-,33-30-. The van der Waals surface area contributed by atoms with Crippen molar-refractivity contribution in [3.05, 3.63) is 36.5 Å². The Hall–Kier alpha value is -2.37. The van der Waals surface area contributed by atoms with Gasteiger partial charge in [-0.1, -0.05) is 320 Å². The van der Waals surface area contributed by atoms with E-state index in [0.29, 0.717) is 19.3 Å². The van der Waals surface area contributed by atoms with E-state index in [0.717, 1.165) is 70.6 Å². The molecule has 6 nitrogen and oxygen atoms in total. The summed E-state index contributed by atoms with van der Waals surface area (Å²) in [6, 6.07) is 0. The number of allylic oxidation sites excluding steroid dienone is 6. The quantitative estimate of drug-likeness (QED) is 0.0261. The van der Waals surface area contributed by atoms with Crippen molar-refractivity contribution in [2.45, 2.75) is 386 Å². The molecule has 6 heteroatoms. The van der Waals surface area contributed by atoms with Gasteiger partial charge in [0.1, 0.15) is 13.2 Å². The van der Waals surface area contributed by atoms with Gasteiger partial charge in [-0.25, -0.2) is 0 Å². The molecule has 0 fully saturated rings. The minimum atomic E-state index is -0.776. The van der Waals surface area contributed by atoms with Crippen LogP contribution in [0.1, 0.15) is 380 Å². The number of carbonyl (C=O) groups excluding carboxylic acids is 3. The first-order chi connectivity index (χ1) is 38.0. The normalized spacial score (nSPS) is 12.2. The molecular weight excluding hydrogens is 949 g/mol. The summed E-state index contributed by atoms with van der Waals surface area (Å²) in [5.74, 6) is -0.853. The molecule has 1 unspecified atom stereocenters. The van der Waals surface area contributed by atoms with Crippen molar-refractivity contribution < 1.29 is 28.6 Å². The molecule has 0 aliphatic heterocycles. The van der Waals surface area contributed by atoms with Crippen LogP contribution in [0.2, 0.25) is 0 Å². The van der Waals surface area contributed by atoms with E-state index in [1.165, 1.54) is 270 Å². The lowest BCUT2D eigenvalue weighted by Gasteiger charge is -2.18. The van der Waals surface area contributed by atoms with E-state index in [2.05, 4.69) is 57.2 Å². The summed E-state index contributed by atoms with van der Waals surface area (Å²) in [5.41, 5.74) is 0. The Kier molecular flexibility index (Phi) is 64.1. The highest BCUT2D eigenvalue weighted by atomic mass is 16.6. The molecule has 0 aliphatic carbocycles. The van der Waals surface area contributed by atoms with E-state index < -0.39 is 6.10 Å². The van der Waals surface area contributed by atoms with Gasteiger partial charge in [0, 0.05) is 19.3 Å². The Bertz CT molecular complexity index is 1290. The Morgan fingerprint density at radius 3 is 0.740 bits per heavy atom. The third kappa shape index (κ3) is 64.3. The highest BCUT2D eigenvalue weighted by molar-refractivity contribution is 5.71. The zero-order valence-electron chi connectivity index (χ0n) is 52.0. The van der Waals surface area contributed by atoms with E-state index in [-0.39, 0.29) is 31.1 Å². The number of hydrogen-bond acceptors (Lipinski definition) is 6. The smallest absolute Gasteiger partial charge is 0.306 e. The summed E-state index contributed by atoms with van der Waals surface area (Å²) < 4.78 is 17.0. The van der Waals surface area contributed by atoms with Crippen molar-refractivity contribution in [2.24, 2.45) is 0 Å². The van der Waals surface area contributed by atoms with Crippen LogP contribution < -0.4 is 0 Å². The average Bonchev–Trinajstić information content (AvgIpc) is 3.43. The molecule has 0 heterocycles. The van der Waals surface area contributed by atoms with Gasteiger partial charge in [0.25, 0.3) is 0 Å². The topological polar surface area (TPSA) is 78.9 Å². The maximum absolute atomic E-state index is 12.9. The van der Waals surface area contributed by atoms with Crippen molar-refractivity contribution in [3.8, 4) is 0 Å². The van der Waals surface area contributed by atoms with E-state index >= 15 is 0 Å². The minimum Gasteiger partial charge on any atom is -0.462 e. The van der Waals surface area contributed by atoms with E-state index in [9.17, 15) is 14.4 Å².